The summed E-state index contributed by atoms with van der Waals surface area (Å²) in [5.74, 6) is 0.333. The normalized spacial score (nSPS) is 15.5. The molecule has 24 heavy (non-hydrogen) atoms. The van der Waals surface area contributed by atoms with Crippen molar-refractivity contribution in [1.29, 1.82) is 0 Å². The van der Waals surface area contributed by atoms with E-state index in [2.05, 4.69) is 20.2 Å². The van der Waals surface area contributed by atoms with E-state index in [9.17, 15) is 10.1 Å². The summed E-state index contributed by atoms with van der Waals surface area (Å²) in [5.41, 5.74) is 1.08. The quantitative estimate of drug-likeness (QED) is 0.590. The second-order valence-corrected chi connectivity index (χ2v) is 6.51. The molecule has 0 spiro atoms. The second-order valence-electron chi connectivity index (χ2n) is 5.67. The third kappa shape index (κ3) is 4.01. The number of benzene rings is 1. The van der Waals surface area contributed by atoms with E-state index in [1.54, 1.807) is 29.5 Å². The number of nitro groups is 1. The van der Waals surface area contributed by atoms with Crippen LogP contribution in [-0.4, -0.2) is 54.1 Å². The number of para-hydroxylation sites is 2. The van der Waals surface area contributed by atoms with Crippen LogP contribution < -0.4 is 9.64 Å². The molecule has 0 saturated carbocycles. The van der Waals surface area contributed by atoms with Gasteiger partial charge in [-0.3, -0.25) is 15.0 Å². The summed E-state index contributed by atoms with van der Waals surface area (Å²) in [6.07, 6.45) is 0. The molecule has 8 heteroatoms. The SMILES string of the molecule is Cc1csc(N2CCN(CCOc3ccccc3[N+](=O)[O-])CC2)n1. The number of rotatable bonds is 6. The predicted octanol–water partition coefficient (Wildman–Crippen LogP) is 2.56. The fourth-order valence-electron chi connectivity index (χ4n) is 2.66. The molecule has 1 aromatic carbocycles. The summed E-state index contributed by atoms with van der Waals surface area (Å²) < 4.78 is 5.61. The minimum Gasteiger partial charge on any atom is -0.485 e. The maximum absolute atomic E-state index is 11.0. The maximum atomic E-state index is 11.0. The molecule has 0 atom stereocenters. The van der Waals surface area contributed by atoms with Crippen molar-refractivity contribution >= 4 is 22.2 Å². The Morgan fingerprint density at radius 1 is 1.29 bits per heavy atom. The molecule has 7 nitrogen and oxygen atoms in total. The Morgan fingerprint density at radius 2 is 2.04 bits per heavy atom. The monoisotopic (exact) mass is 348 g/mol. The summed E-state index contributed by atoms with van der Waals surface area (Å²) in [5, 5.41) is 14.1. The van der Waals surface area contributed by atoms with Crippen molar-refractivity contribution in [1.82, 2.24) is 9.88 Å². The van der Waals surface area contributed by atoms with Crippen LogP contribution in [0.1, 0.15) is 5.69 Å². The molecule has 0 amide bonds. The van der Waals surface area contributed by atoms with Crippen molar-refractivity contribution in [3.8, 4) is 5.75 Å². The lowest BCUT2D eigenvalue weighted by Crippen LogP contribution is -2.47. The smallest absolute Gasteiger partial charge is 0.310 e. The van der Waals surface area contributed by atoms with Crippen LogP contribution in [0.5, 0.6) is 5.75 Å². The Bertz CT molecular complexity index is 698. The fourth-order valence-corrected chi connectivity index (χ4v) is 3.52. The number of nitrogens with zero attached hydrogens (tertiary/aromatic N) is 4. The van der Waals surface area contributed by atoms with Crippen molar-refractivity contribution in [2.24, 2.45) is 0 Å². The number of anilines is 1. The second kappa shape index (κ2) is 7.59. The van der Waals surface area contributed by atoms with Crippen LogP contribution in [0.25, 0.3) is 0 Å². The molecule has 1 aromatic heterocycles. The van der Waals surface area contributed by atoms with Gasteiger partial charge in [0.2, 0.25) is 0 Å². The Hall–Kier alpha value is -2.19. The summed E-state index contributed by atoms with van der Waals surface area (Å²) in [6, 6.07) is 6.49. The van der Waals surface area contributed by atoms with Crippen molar-refractivity contribution in [2.75, 3.05) is 44.2 Å². The van der Waals surface area contributed by atoms with E-state index in [1.807, 2.05) is 6.92 Å². The van der Waals surface area contributed by atoms with Crippen LogP contribution in [0.2, 0.25) is 0 Å². The average molecular weight is 348 g/mol. The number of ether oxygens (including phenoxy) is 1. The van der Waals surface area contributed by atoms with Crippen molar-refractivity contribution in [2.45, 2.75) is 6.92 Å². The van der Waals surface area contributed by atoms with Gasteiger partial charge >= 0.3 is 5.69 Å². The molecule has 2 heterocycles. The van der Waals surface area contributed by atoms with Crippen LogP contribution in [0.4, 0.5) is 10.8 Å². The van der Waals surface area contributed by atoms with Crippen LogP contribution in [0.15, 0.2) is 29.6 Å². The predicted molar refractivity (Wildman–Crippen MR) is 94.1 cm³/mol. The van der Waals surface area contributed by atoms with Gasteiger partial charge in [-0.1, -0.05) is 12.1 Å². The molecular formula is C16H20N4O3S. The summed E-state index contributed by atoms with van der Waals surface area (Å²) >= 11 is 1.68. The van der Waals surface area contributed by atoms with Gasteiger partial charge in [-0.05, 0) is 13.0 Å². The van der Waals surface area contributed by atoms with Gasteiger partial charge in [0.1, 0.15) is 6.61 Å². The number of aryl methyl sites for hydroxylation is 1. The molecule has 0 radical (unpaired) electrons. The van der Waals surface area contributed by atoms with Crippen LogP contribution in [0, 0.1) is 17.0 Å². The van der Waals surface area contributed by atoms with E-state index in [-0.39, 0.29) is 5.69 Å². The minimum absolute atomic E-state index is 0.0152. The molecule has 128 valence electrons. The largest absolute Gasteiger partial charge is 0.485 e. The Kier molecular flexibility index (Phi) is 5.27. The van der Waals surface area contributed by atoms with E-state index in [0.29, 0.717) is 12.4 Å². The fraction of sp³-hybridized carbons (Fsp3) is 0.438. The number of piperazine rings is 1. The third-order valence-electron chi connectivity index (χ3n) is 3.98. The first-order valence-electron chi connectivity index (χ1n) is 7.89. The minimum atomic E-state index is -0.413. The third-order valence-corrected chi connectivity index (χ3v) is 5.00. The summed E-state index contributed by atoms with van der Waals surface area (Å²) in [4.78, 5) is 19.7. The highest BCUT2D eigenvalue weighted by Crippen LogP contribution is 2.26. The van der Waals surface area contributed by atoms with E-state index < -0.39 is 4.92 Å². The van der Waals surface area contributed by atoms with Crippen molar-refractivity contribution in [3.05, 3.63) is 45.5 Å². The van der Waals surface area contributed by atoms with Crippen molar-refractivity contribution < 1.29 is 9.66 Å². The molecule has 0 unspecified atom stereocenters. The van der Waals surface area contributed by atoms with E-state index in [0.717, 1.165) is 43.5 Å². The molecule has 0 aliphatic carbocycles. The first-order valence-corrected chi connectivity index (χ1v) is 8.77. The maximum Gasteiger partial charge on any atom is 0.310 e. The number of hydrogen-bond acceptors (Lipinski definition) is 7. The number of aromatic nitrogens is 1. The Balaban J connectivity index is 1.45. The highest BCUT2D eigenvalue weighted by Gasteiger charge is 2.19. The van der Waals surface area contributed by atoms with Gasteiger partial charge < -0.3 is 9.64 Å². The molecule has 1 aliphatic rings. The number of nitro benzene ring substituents is 1. The lowest BCUT2D eigenvalue weighted by Gasteiger charge is -2.34. The molecule has 1 saturated heterocycles. The van der Waals surface area contributed by atoms with E-state index in [1.165, 1.54) is 6.07 Å². The first-order chi connectivity index (χ1) is 11.6. The van der Waals surface area contributed by atoms with Gasteiger partial charge in [0.15, 0.2) is 10.9 Å². The zero-order chi connectivity index (χ0) is 16.9. The summed E-state index contributed by atoms with van der Waals surface area (Å²) in [6.45, 7) is 6.99. The zero-order valence-electron chi connectivity index (χ0n) is 13.6. The highest BCUT2D eigenvalue weighted by atomic mass is 32.1. The topological polar surface area (TPSA) is 71.7 Å². The van der Waals surface area contributed by atoms with Crippen LogP contribution in [-0.2, 0) is 0 Å². The zero-order valence-corrected chi connectivity index (χ0v) is 14.4. The van der Waals surface area contributed by atoms with Gasteiger partial charge in [-0.15, -0.1) is 11.3 Å². The molecule has 3 rings (SSSR count). The number of thiazole rings is 1. The van der Waals surface area contributed by atoms with Crippen LogP contribution >= 0.6 is 11.3 Å². The molecule has 0 N–H and O–H groups in total. The average Bonchev–Trinajstić information content (AvgIpc) is 3.02. The highest BCUT2D eigenvalue weighted by molar-refractivity contribution is 7.13. The van der Waals surface area contributed by atoms with Gasteiger partial charge in [-0.2, -0.15) is 0 Å². The molecule has 1 fully saturated rings. The van der Waals surface area contributed by atoms with E-state index in [4.69, 9.17) is 4.74 Å². The first kappa shape index (κ1) is 16.7. The van der Waals surface area contributed by atoms with Gasteiger partial charge in [-0.25, -0.2) is 4.98 Å². The summed E-state index contributed by atoms with van der Waals surface area (Å²) in [7, 11) is 0. The Labute approximate surface area is 144 Å². The van der Waals surface area contributed by atoms with Crippen molar-refractivity contribution in [3.63, 3.8) is 0 Å². The molecular weight excluding hydrogens is 328 g/mol. The number of hydrogen-bond donors (Lipinski definition) is 0. The molecule has 0 bridgehead atoms. The lowest BCUT2D eigenvalue weighted by molar-refractivity contribution is -0.385. The van der Waals surface area contributed by atoms with Gasteiger partial charge in [0.25, 0.3) is 0 Å². The van der Waals surface area contributed by atoms with Crippen LogP contribution in [0.3, 0.4) is 0 Å². The molecule has 2 aromatic rings. The Morgan fingerprint density at radius 3 is 2.71 bits per heavy atom. The lowest BCUT2D eigenvalue weighted by atomic mass is 10.3. The van der Waals surface area contributed by atoms with Gasteiger partial charge in [0.05, 0.1) is 10.6 Å². The standard InChI is InChI=1S/C16H20N4O3S/c1-13-12-24-16(17-13)19-8-6-18(7-9-19)10-11-23-15-5-3-2-4-14(15)20(21)22/h2-5,12H,6-11H2,1H3. The van der Waals surface area contributed by atoms with Gasteiger partial charge in [0, 0.05) is 44.2 Å². The van der Waals surface area contributed by atoms with E-state index >= 15 is 0 Å². The molecule has 1 aliphatic heterocycles.